The van der Waals surface area contributed by atoms with E-state index in [0.717, 1.165) is 16.5 Å². The second kappa shape index (κ2) is 16.1. The van der Waals surface area contributed by atoms with Gasteiger partial charge in [-0.05, 0) is 42.5 Å². The van der Waals surface area contributed by atoms with E-state index in [-0.39, 0.29) is 11.8 Å². The highest BCUT2D eigenvalue weighted by Crippen LogP contribution is 2.22. The van der Waals surface area contributed by atoms with Crippen LogP contribution in [-0.2, 0) is 21.1 Å². The van der Waals surface area contributed by atoms with Crippen LogP contribution in [0.15, 0.2) is 70.9 Å². The number of nitrogens with one attached hydrogen (secondary N) is 5. The number of aliphatic imine (C=N–C) groups is 1. The summed E-state index contributed by atoms with van der Waals surface area (Å²) in [5.41, 5.74) is 2.79. The van der Waals surface area contributed by atoms with Crippen molar-refractivity contribution in [1.82, 2.24) is 24.3 Å². The summed E-state index contributed by atoms with van der Waals surface area (Å²) >= 11 is 7.35. The maximum absolute atomic E-state index is 13.1. The molecule has 4 amide bonds. The van der Waals surface area contributed by atoms with E-state index < -0.39 is 11.8 Å². The van der Waals surface area contributed by atoms with Crippen LogP contribution in [0.2, 0.25) is 0 Å². The Morgan fingerprint density at radius 3 is 1.66 bits per heavy atom. The third-order valence-electron chi connectivity index (χ3n) is 7.15. The molecule has 0 atom stereocenters. The monoisotopic (exact) mass is 679 g/mol. The first-order valence-corrected chi connectivity index (χ1v) is 16.2. The van der Waals surface area contributed by atoms with E-state index in [0.29, 0.717) is 58.6 Å². The molecular formula is C32H38ClN9O4S. The van der Waals surface area contributed by atoms with Crippen molar-refractivity contribution < 1.29 is 19.2 Å². The molecule has 0 aliphatic rings. The first kappa shape index (κ1) is 34.9. The number of rotatable bonds is 13. The molecule has 3 aromatic heterocycles. The van der Waals surface area contributed by atoms with Crippen LogP contribution in [0.3, 0.4) is 0 Å². The lowest BCUT2D eigenvalue weighted by atomic mass is 10.2. The summed E-state index contributed by atoms with van der Waals surface area (Å²) in [7, 11) is 8.55. The van der Waals surface area contributed by atoms with Gasteiger partial charge in [0.2, 0.25) is 0 Å². The molecule has 248 valence electrons. The number of halogens is 1. The van der Waals surface area contributed by atoms with Gasteiger partial charge in [-0.2, -0.15) is 0 Å². The average Bonchev–Trinajstić information content (AvgIpc) is 3.73. The molecule has 3 heterocycles. The molecule has 0 aliphatic carbocycles. The van der Waals surface area contributed by atoms with Gasteiger partial charge < -0.3 is 40.3 Å². The molecule has 1 aromatic carbocycles. The number of aromatic nitrogens is 3. The van der Waals surface area contributed by atoms with Gasteiger partial charge in [-0.3, -0.25) is 24.2 Å². The van der Waals surface area contributed by atoms with Crippen LogP contribution in [0.4, 0.5) is 17.1 Å². The molecule has 4 aromatic rings. The standard InChI is InChI=1S/C32H38ClN9O4S/c1-34-28(35-2)10-12-36-30(44)25-14-22(18-40(25)3)38-32(46)27-16-23(19-42(27)5)39-31(45)26-15-21(17-41(26)4)37-29(43)20-6-8-24(9-7-20)47-13-11-33/h6-9,14-19H,10-13H2,1-5H3,(H,34,35)(H,36,44)(H,37,43)(H,38,46)(H,39,45). The molecule has 0 unspecified atom stereocenters. The number of amidine groups is 1. The SMILES string of the molecule is CN=C(CCNC(=O)c1cc(NC(=O)c2cc(NC(=O)c3cc(NC(=O)c4ccc(SCCCl)cc4)cn3C)cn2C)cn1C)NC. The molecule has 4 rings (SSSR count). The van der Waals surface area contributed by atoms with Crippen LogP contribution in [0.1, 0.15) is 48.2 Å². The number of alkyl halides is 1. The number of amides is 4. The number of hydrogen-bond donors (Lipinski definition) is 5. The summed E-state index contributed by atoms with van der Waals surface area (Å²) in [4.78, 5) is 56.8. The van der Waals surface area contributed by atoms with E-state index in [2.05, 4.69) is 31.6 Å². The van der Waals surface area contributed by atoms with Gasteiger partial charge in [0.15, 0.2) is 0 Å². The molecule has 0 bridgehead atoms. The number of thioether (sulfide) groups is 1. The lowest BCUT2D eigenvalue weighted by Crippen LogP contribution is -2.30. The topological polar surface area (TPSA) is 156 Å². The van der Waals surface area contributed by atoms with Gasteiger partial charge in [0, 0.05) is 88.9 Å². The molecule has 0 saturated carbocycles. The Hall–Kier alpha value is -4.95. The minimum atomic E-state index is -0.419. The van der Waals surface area contributed by atoms with E-state index in [1.807, 2.05) is 12.1 Å². The van der Waals surface area contributed by atoms with Gasteiger partial charge in [0.25, 0.3) is 23.6 Å². The maximum Gasteiger partial charge on any atom is 0.272 e. The summed E-state index contributed by atoms with van der Waals surface area (Å²) in [6, 6.07) is 11.9. The van der Waals surface area contributed by atoms with Crippen LogP contribution in [0.5, 0.6) is 0 Å². The van der Waals surface area contributed by atoms with Crippen LogP contribution < -0.4 is 26.6 Å². The van der Waals surface area contributed by atoms with Gasteiger partial charge in [0.05, 0.1) is 22.9 Å². The lowest BCUT2D eigenvalue weighted by Gasteiger charge is -2.07. The summed E-state index contributed by atoms with van der Waals surface area (Å²) in [6.07, 6.45) is 5.48. The molecular weight excluding hydrogens is 642 g/mol. The molecule has 5 N–H and O–H groups in total. The predicted octanol–water partition coefficient (Wildman–Crippen LogP) is 4.16. The second-order valence-corrected chi connectivity index (χ2v) is 12.1. The van der Waals surface area contributed by atoms with E-state index in [1.54, 1.807) is 110 Å². The highest BCUT2D eigenvalue weighted by molar-refractivity contribution is 7.99. The Bertz CT molecular complexity index is 1790. The maximum atomic E-state index is 13.1. The summed E-state index contributed by atoms with van der Waals surface area (Å²) in [5, 5.41) is 14.3. The Balaban J connectivity index is 1.35. The zero-order valence-electron chi connectivity index (χ0n) is 26.8. The van der Waals surface area contributed by atoms with E-state index in [1.165, 1.54) is 0 Å². The Kier molecular flexibility index (Phi) is 11.9. The van der Waals surface area contributed by atoms with Crippen molar-refractivity contribution in [1.29, 1.82) is 0 Å². The number of aryl methyl sites for hydroxylation is 3. The minimum absolute atomic E-state index is 0.279. The van der Waals surface area contributed by atoms with Crippen LogP contribution in [0.25, 0.3) is 0 Å². The zero-order chi connectivity index (χ0) is 34.1. The van der Waals surface area contributed by atoms with E-state index in [9.17, 15) is 19.2 Å². The average molecular weight is 680 g/mol. The number of anilines is 3. The molecule has 0 radical (unpaired) electrons. The van der Waals surface area contributed by atoms with Crippen molar-refractivity contribution in [3.05, 3.63) is 83.7 Å². The Morgan fingerprint density at radius 2 is 1.21 bits per heavy atom. The van der Waals surface area contributed by atoms with Crippen molar-refractivity contribution >= 4 is 69.9 Å². The van der Waals surface area contributed by atoms with Gasteiger partial charge in [-0.25, -0.2) is 0 Å². The minimum Gasteiger partial charge on any atom is -0.377 e. The normalized spacial score (nSPS) is 11.2. The van der Waals surface area contributed by atoms with Gasteiger partial charge in [0.1, 0.15) is 17.1 Å². The number of benzene rings is 1. The first-order valence-electron chi connectivity index (χ1n) is 14.7. The number of carbonyl (C=O) groups excluding carboxylic acids is 4. The molecule has 47 heavy (non-hydrogen) atoms. The predicted molar refractivity (Wildman–Crippen MR) is 187 cm³/mol. The number of carbonyl (C=O) groups is 4. The Labute approximate surface area is 282 Å². The molecule has 0 fully saturated rings. The molecule has 0 spiro atoms. The van der Waals surface area contributed by atoms with Crippen LogP contribution in [0, 0.1) is 0 Å². The van der Waals surface area contributed by atoms with Crippen LogP contribution in [-0.4, -0.2) is 75.4 Å². The quantitative estimate of drug-likeness (QED) is 0.0619. The molecule has 13 nitrogen and oxygen atoms in total. The van der Waals surface area contributed by atoms with Crippen molar-refractivity contribution in [2.24, 2.45) is 26.1 Å². The number of nitrogens with zero attached hydrogens (tertiary/aromatic N) is 4. The van der Waals surface area contributed by atoms with Gasteiger partial charge >= 0.3 is 0 Å². The van der Waals surface area contributed by atoms with Gasteiger partial charge in [-0.15, -0.1) is 23.4 Å². The van der Waals surface area contributed by atoms with Gasteiger partial charge in [-0.1, -0.05) is 0 Å². The number of hydrogen-bond acceptors (Lipinski definition) is 6. The highest BCUT2D eigenvalue weighted by atomic mass is 35.5. The van der Waals surface area contributed by atoms with E-state index in [4.69, 9.17) is 11.6 Å². The zero-order valence-corrected chi connectivity index (χ0v) is 28.4. The van der Waals surface area contributed by atoms with Crippen molar-refractivity contribution in [2.45, 2.75) is 11.3 Å². The van der Waals surface area contributed by atoms with Crippen LogP contribution >= 0.6 is 23.4 Å². The fourth-order valence-electron chi connectivity index (χ4n) is 4.76. The highest BCUT2D eigenvalue weighted by Gasteiger charge is 2.19. The fraction of sp³-hybridized carbons (Fsp3) is 0.281. The van der Waals surface area contributed by atoms with Crippen molar-refractivity contribution in [2.75, 3.05) is 48.2 Å². The third kappa shape index (κ3) is 9.08. The first-order chi connectivity index (χ1) is 22.5. The second-order valence-electron chi connectivity index (χ2n) is 10.5. The molecule has 0 saturated heterocycles. The summed E-state index contributed by atoms with van der Waals surface area (Å²) < 4.78 is 4.82. The lowest BCUT2D eigenvalue weighted by molar-refractivity contribution is 0.0944. The smallest absolute Gasteiger partial charge is 0.272 e. The Morgan fingerprint density at radius 1 is 0.745 bits per heavy atom. The summed E-state index contributed by atoms with van der Waals surface area (Å²) in [6.45, 7) is 0.402. The third-order valence-corrected chi connectivity index (χ3v) is 8.58. The van der Waals surface area contributed by atoms with Crippen molar-refractivity contribution in [3.63, 3.8) is 0 Å². The van der Waals surface area contributed by atoms with Crippen molar-refractivity contribution in [3.8, 4) is 0 Å². The largest absolute Gasteiger partial charge is 0.377 e. The molecule has 15 heteroatoms. The fourth-order valence-corrected chi connectivity index (χ4v) is 5.63. The van der Waals surface area contributed by atoms with E-state index >= 15 is 0 Å². The molecule has 0 aliphatic heterocycles. The summed E-state index contributed by atoms with van der Waals surface area (Å²) in [5.74, 6) is 0.685.